The molecular weight excluding hydrogens is 366 g/mol. The molecule has 92 valence electrons. The van der Waals surface area contributed by atoms with Gasteiger partial charge in [-0.25, -0.2) is 8.78 Å². The van der Waals surface area contributed by atoms with Gasteiger partial charge in [-0.05, 0) is 67.3 Å². The Morgan fingerprint density at radius 3 is 1.28 bits per heavy atom. The third-order valence-electron chi connectivity index (χ3n) is 2.45. The predicted octanol–water partition coefficient (Wildman–Crippen LogP) is 5.47. The number of hydrogen-bond acceptors (Lipinski definition) is 0. The monoisotopic (exact) mass is 372 g/mol. The van der Waals surface area contributed by atoms with Crippen LogP contribution in [-0.2, 0) is 0 Å². The molecule has 0 aromatic heterocycles. The van der Waals surface area contributed by atoms with Gasteiger partial charge in [-0.2, -0.15) is 0 Å². The zero-order valence-electron chi connectivity index (χ0n) is 9.13. The first-order chi connectivity index (χ1) is 8.58. The van der Waals surface area contributed by atoms with E-state index in [1.54, 1.807) is 24.3 Å². The molecule has 0 amide bonds. The lowest BCUT2D eigenvalue weighted by atomic mass is 10.00. The van der Waals surface area contributed by atoms with Crippen LogP contribution in [0.1, 0.15) is 11.1 Å². The van der Waals surface area contributed by atoms with Crippen LogP contribution in [0, 0.1) is 11.6 Å². The Bertz CT molecular complexity index is 520. The second kappa shape index (κ2) is 5.76. The van der Waals surface area contributed by atoms with Crippen molar-refractivity contribution in [3.8, 4) is 0 Å². The van der Waals surface area contributed by atoms with E-state index in [0.29, 0.717) is 0 Å². The smallest absolute Gasteiger partial charge is 0.123 e. The van der Waals surface area contributed by atoms with Crippen LogP contribution in [0.15, 0.2) is 51.9 Å². The summed E-state index contributed by atoms with van der Waals surface area (Å²) in [6, 6.07) is 12.3. The minimum Gasteiger partial charge on any atom is -0.207 e. The van der Waals surface area contributed by atoms with Gasteiger partial charge in [0.1, 0.15) is 11.6 Å². The fourth-order valence-corrected chi connectivity index (χ4v) is 2.53. The fraction of sp³-hybridized carbons (Fsp3) is 0. The molecule has 0 saturated heterocycles. The van der Waals surface area contributed by atoms with E-state index in [-0.39, 0.29) is 11.6 Å². The molecule has 0 N–H and O–H groups in total. The highest BCUT2D eigenvalue weighted by Crippen LogP contribution is 2.33. The second-order valence-electron chi connectivity index (χ2n) is 3.65. The van der Waals surface area contributed by atoms with Gasteiger partial charge in [0.05, 0.1) is 3.39 Å². The normalized spacial score (nSPS) is 10.2. The standard InChI is InChI=1S/C14H8Br2F2/c15-14(16)13(9-1-5-11(17)6-2-9)10-3-7-12(18)8-4-10/h1-8H. The van der Waals surface area contributed by atoms with Crippen LogP contribution < -0.4 is 0 Å². The zero-order chi connectivity index (χ0) is 13.1. The largest absolute Gasteiger partial charge is 0.207 e. The first-order valence-corrected chi connectivity index (χ1v) is 6.73. The van der Waals surface area contributed by atoms with Gasteiger partial charge >= 0.3 is 0 Å². The van der Waals surface area contributed by atoms with Crippen molar-refractivity contribution < 1.29 is 8.78 Å². The lowest BCUT2D eigenvalue weighted by Gasteiger charge is -2.09. The molecule has 0 nitrogen and oxygen atoms in total. The predicted molar refractivity (Wildman–Crippen MR) is 76.7 cm³/mol. The molecule has 0 aliphatic rings. The van der Waals surface area contributed by atoms with E-state index in [9.17, 15) is 8.78 Å². The van der Waals surface area contributed by atoms with Gasteiger partial charge in [-0.3, -0.25) is 0 Å². The van der Waals surface area contributed by atoms with Crippen LogP contribution in [0.5, 0.6) is 0 Å². The van der Waals surface area contributed by atoms with Gasteiger partial charge in [0.2, 0.25) is 0 Å². The summed E-state index contributed by atoms with van der Waals surface area (Å²) in [7, 11) is 0. The van der Waals surface area contributed by atoms with E-state index in [1.807, 2.05) is 0 Å². The fourth-order valence-electron chi connectivity index (χ4n) is 1.62. The first kappa shape index (κ1) is 13.4. The SMILES string of the molecule is Fc1ccc(C(=C(Br)Br)c2ccc(F)cc2)cc1. The van der Waals surface area contributed by atoms with Crippen LogP contribution in [-0.4, -0.2) is 0 Å². The topological polar surface area (TPSA) is 0 Å². The Morgan fingerprint density at radius 1 is 0.667 bits per heavy atom. The molecular formula is C14H8Br2F2. The van der Waals surface area contributed by atoms with Crippen molar-refractivity contribution in [2.45, 2.75) is 0 Å². The van der Waals surface area contributed by atoms with Crippen molar-refractivity contribution in [3.05, 3.63) is 74.7 Å². The summed E-state index contributed by atoms with van der Waals surface area (Å²) in [6.07, 6.45) is 0. The zero-order valence-corrected chi connectivity index (χ0v) is 12.3. The lowest BCUT2D eigenvalue weighted by molar-refractivity contribution is 0.627. The molecule has 2 aromatic rings. The van der Waals surface area contributed by atoms with Gasteiger partial charge in [0.15, 0.2) is 0 Å². The third kappa shape index (κ3) is 3.06. The molecule has 0 heterocycles. The molecule has 0 spiro atoms. The summed E-state index contributed by atoms with van der Waals surface area (Å²) in [5.41, 5.74) is 2.52. The maximum absolute atomic E-state index is 12.9. The van der Waals surface area contributed by atoms with Crippen molar-refractivity contribution in [3.63, 3.8) is 0 Å². The molecule has 2 rings (SSSR count). The van der Waals surface area contributed by atoms with Crippen LogP contribution in [0.2, 0.25) is 0 Å². The maximum Gasteiger partial charge on any atom is 0.123 e. The Labute approximate surface area is 121 Å². The van der Waals surface area contributed by atoms with Gasteiger partial charge < -0.3 is 0 Å². The van der Waals surface area contributed by atoms with Crippen molar-refractivity contribution in [1.29, 1.82) is 0 Å². The number of halogens is 4. The summed E-state index contributed by atoms with van der Waals surface area (Å²) < 4.78 is 26.6. The van der Waals surface area contributed by atoms with Gasteiger partial charge in [0.25, 0.3) is 0 Å². The summed E-state index contributed by atoms with van der Waals surface area (Å²) in [5.74, 6) is -0.578. The number of rotatable bonds is 2. The average Bonchev–Trinajstić information content (AvgIpc) is 2.34. The van der Waals surface area contributed by atoms with Crippen LogP contribution in [0.3, 0.4) is 0 Å². The Morgan fingerprint density at radius 2 is 1.00 bits per heavy atom. The highest BCUT2D eigenvalue weighted by Gasteiger charge is 2.09. The van der Waals surface area contributed by atoms with Crippen LogP contribution >= 0.6 is 31.9 Å². The van der Waals surface area contributed by atoms with Gasteiger partial charge in [0, 0.05) is 5.57 Å². The lowest BCUT2D eigenvalue weighted by Crippen LogP contribution is -1.89. The molecule has 18 heavy (non-hydrogen) atoms. The van der Waals surface area contributed by atoms with Crippen LogP contribution in [0.4, 0.5) is 8.78 Å². The minimum atomic E-state index is -0.289. The molecule has 0 unspecified atom stereocenters. The summed E-state index contributed by atoms with van der Waals surface area (Å²) in [4.78, 5) is 0. The van der Waals surface area contributed by atoms with E-state index in [4.69, 9.17) is 0 Å². The van der Waals surface area contributed by atoms with E-state index in [1.165, 1.54) is 24.3 Å². The summed E-state index contributed by atoms with van der Waals surface area (Å²) in [6.45, 7) is 0. The van der Waals surface area contributed by atoms with Crippen molar-refractivity contribution in [2.75, 3.05) is 0 Å². The van der Waals surface area contributed by atoms with E-state index < -0.39 is 0 Å². The highest BCUT2D eigenvalue weighted by molar-refractivity contribution is 9.28. The Kier molecular flexibility index (Phi) is 4.30. The third-order valence-corrected chi connectivity index (χ3v) is 3.25. The quantitative estimate of drug-likeness (QED) is 0.654. The second-order valence-corrected chi connectivity index (χ2v) is 6.30. The number of hydrogen-bond donors (Lipinski definition) is 0. The molecule has 0 saturated carbocycles. The van der Waals surface area contributed by atoms with Gasteiger partial charge in [-0.15, -0.1) is 0 Å². The Balaban J connectivity index is 2.51. The van der Waals surface area contributed by atoms with Crippen molar-refractivity contribution >= 4 is 37.4 Å². The van der Waals surface area contributed by atoms with Crippen LogP contribution in [0.25, 0.3) is 5.57 Å². The Hall–Kier alpha value is -1.00. The van der Waals surface area contributed by atoms with Gasteiger partial charge in [-0.1, -0.05) is 24.3 Å². The molecule has 0 radical (unpaired) electrons. The van der Waals surface area contributed by atoms with E-state index in [2.05, 4.69) is 31.9 Å². The number of benzene rings is 2. The molecule has 2 aromatic carbocycles. The van der Waals surface area contributed by atoms with E-state index >= 15 is 0 Å². The van der Waals surface area contributed by atoms with Crippen molar-refractivity contribution in [2.24, 2.45) is 0 Å². The summed E-state index contributed by atoms with van der Waals surface area (Å²) >= 11 is 6.72. The summed E-state index contributed by atoms with van der Waals surface area (Å²) in [5, 5.41) is 0. The molecule has 0 atom stereocenters. The molecule has 4 heteroatoms. The molecule has 0 fully saturated rings. The average molecular weight is 374 g/mol. The first-order valence-electron chi connectivity index (χ1n) is 5.15. The van der Waals surface area contributed by atoms with Crippen molar-refractivity contribution in [1.82, 2.24) is 0 Å². The molecule has 0 aliphatic heterocycles. The van der Waals surface area contributed by atoms with E-state index in [0.717, 1.165) is 20.1 Å². The maximum atomic E-state index is 12.9. The highest BCUT2D eigenvalue weighted by atomic mass is 79.9. The molecule has 0 bridgehead atoms. The molecule has 0 aliphatic carbocycles. The minimum absolute atomic E-state index is 0.289.